The summed E-state index contributed by atoms with van der Waals surface area (Å²) in [4.78, 5) is 0. The molecule has 3 aromatic rings. The normalized spacial score (nSPS) is 12.8. The number of benzene rings is 3. The second-order valence-electron chi connectivity index (χ2n) is 7.47. The second-order valence-corrected chi connectivity index (χ2v) is 7.47. The molecule has 0 saturated carbocycles. The summed E-state index contributed by atoms with van der Waals surface area (Å²) >= 11 is 0. The highest BCUT2D eigenvalue weighted by Crippen LogP contribution is 2.27. The summed E-state index contributed by atoms with van der Waals surface area (Å²) in [5.74, 6) is 1.84. The van der Waals surface area contributed by atoms with Crippen molar-refractivity contribution in [2.45, 2.75) is 45.8 Å². The lowest BCUT2D eigenvalue weighted by molar-refractivity contribution is 0.131. The average Bonchev–Trinajstić information content (AvgIpc) is 2.56. The Hall–Kier alpha value is -2.48. The van der Waals surface area contributed by atoms with E-state index in [4.69, 9.17) is 9.47 Å². The van der Waals surface area contributed by atoms with Gasteiger partial charge in [0.25, 0.3) is 0 Å². The van der Waals surface area contributed by atoms with Crippen LogP contribution in [0, 0.1) is 0 Å². The largest absolute Gasteiger partial charge is 0.490 e. The molecule has 0 aliphatic carbocycles. The molecule has 2 heteroatoms. The predicted molar refractivity (Wildman–Crippen MR) is 105 cm³/mol. The molecule has 3 rings (SSSR count). The minimum Gasteiger partial charge on any atom is -0.490 e. The lowest BCUT2D eigenvalue weighted by Gasteiger charge is -2.21. The molecule has 3 aromatic carbocycles. The van der Waals surface area contributed by atoms with Crippen LogP contribution in [-0.4, -0.2) is 11.7 Å². The maximum atomic E-state index is 6.21. The van der Waals surface area contributed by atoms with Crippen molar-refractivity contribution in [3.63, 3.8) is 0 Å². The minimum absolute atomic E-state index is 0.0974. The van der Waals surface area contributed by atoms with E-state index < -0.39 is 0 Å². The molecule has 0 heterocycles. The van der Waals surface area contributed by atoms with Crippen LogP contribution in [-0.2, 0) is 6.42 Å². The Labute approximate surface area is 150 Å². The zero-order valence-corrected chi connectivity index (χ0v) is 15.5. The van der Waals surface area contributed by atoms with Gasteiger partial charge in [0.1, 0.15) is 17.1 Å². The molecular formula is C23H26O2. The van der Waals surface area contributed by atoms with Crippen molar-refractivity contribution in [2.24, 2.45) is 0 Å². The van der Waals surface area contributed by atoms with Crippen molar-refractivity contribution >= 4 is 10.8 Å². The molecule has 130 valence electrons. The molecule has 0 radical (unpaired) electrons. The van der Waals surface area contributed by atoms with Crippen LogP contribution in [0.3, 0.4) is 0 Å². The van der Waals surface area contributed by atoms with Crippen LogP contribution in [0.15, 0.2) is 66.7 Å². The van der Waals surface area contributed by atoms with Gasteiger partial charge in [0, 0.05) is 11.8 Å². The molecule has 0 spiro atoms. The van der Waals surface area contributed by atoms with E-state index >= 15 is 0 Å². The fourth-order valence-electron chi connectivity index (χ4n) is 2.94. The zero-order valence-electron chi connectivity index (χ0n) is 15.5. The number of fused-ring (bicyclic) bond motifs is 1. The van der Waals surface area contributed by atoms with Crippen LogP contribution < -0.4 is 9.47 Å². The lowest BCUT2D eigenvalue weighted by Crippen LogP contribution is -2.22. The molecule has 0 amide bonds. The first-order valence-corrected chi connectivity index (χ1v) is 8.83. The Morgan fingerprint density at radius 3 is 2.24 bits per heavy atom. The van der Waals surface area contributed by atoms with Gasteiger partial charge in [-0.1, -0.05) is 48.5 Å². The fraction of sp³-hybridized carbons (Fsp3) is 0.304. The third-order valence-corrected chi connectivity index (χ3v) is 3.95. The summed E-state index contributed by atoms with van der Waals surface area (Å²) < 4.78 is 12.1. The van der Waals surface area contributed by atoms with Crippen LogP contribution in [0.4, 0.5) is 0 Å². The van der Waals surface area contributed by atoms with Gasteiger partial charge in [-0.15, -0.1) is 0 Å². The molecular weight excluding hydrogens is 308 g/mol. The van der Waals surface area contributed by atoms with Crippen molar-refractivity contribution < 1.29 is 9.47 Å². The minimum atomic E-state index is -0.174. The average molecular weight is 334 g/mol. The molecule has 0 N–H and O–H groups in total. The maximum absolute atomic E-state index is 6.21. The van der Waals surface area contributed by atoms with Gasteiger partial charge in [-0.3, -0.25) is 0 Å². The Bertz CT molecular complexity index is 823. The van der Waals surface area contributed by atoms with Crippen molar-refractivity contribution in [3.05, 3.63) is 72.3 Å². The highest BCUT2D eigenvalue weighted by molar-refractivity contribution is 5.88. The molecule has 25 heavy (non-hydrogen) atoms. The number of hydrogen-bond acceptors (Lipinski definition) is 2. The van der Waals surface area contributed by atoms with Gasteiger partial charge in [-0.25, -0.2) is 0 Å². The van der Waals surface area contributed by atoms with E-state index in [2.05, 4.69) is 64.1 Å². The zero-order chi connectivity index (χ0) is 17.9. The highest BCUT2D eigenvalue weighted by atomic mass is 16.5. The van der Waals surface area contributed by atoms with Crippen LogP contribution in [0.2, 0.25) is 0 Å². The molecule has 0 bridgehead atoms. The lowest BCUT2D eigenvalue weighted by atomic mass is 10.1. The van der Waals surface area contributed by atoms with Crippen LogP contribution in [0.25, 0.3) is 10.8 Å². The van der Waals surface area contributed by atoms with Crippen LogP contribution in [0.5, 0.6) is 11.5 Å². The van der Waals surface area contributed by atoms with Gasteiger partial charge < -0.3 is 9.47 Å². The molecule has 0 fully saturated rings. The fourth-order valence-corrected chi connectivity index (χ4v) is 2.94. The molecule has 1 atom stereocenters. The van der Waals surface area contributed by atoms with E-state index in [-0.39, 0.29) is 11.7 Å². The van der Waals surface area contributed by atoms with E-state index in [0.717, 1.165) is 23.3 Å². The Kier molecular flexibility index (Phi) is 4.98. The third-order valence-electron chi connectivity index (χ3n) is 3.95. The maximum Gasteiger partial charge on any atom is 0.127 e. The summed E-state index contributed by atoms with van der Waals surface area (Å²) in [6.45, 7) is 8.28. The second kappa shape index (κ2) is 7.18. The monoisotopic (exact) mass is 334 g/mol. The van der Waals surface area contributed by atoms with Gasteiger partial charge in [0.15, 0.2) is 0 Å². The first kappa shape index (κ1) is 17.3. The van der Waals surface area contributed by atoms with E-state index in [9.17, 15) is 0 Å². The number of rotatable bonds is 5. The smallest absolute Gasteiger partial charge is 0.127 e. The van der Waals surface area contributed by atoms with Crippen LogP contribution >= 0.6 is 0 Å². The SMILES string of the molecule is CC(Cc1ccc(OC(C)(C)C)cc1)Oc1cccc2ccccc12. The van der Waals surface area contributed by atoms with E-state index in [0.29, 0.717) is 0 Å². The Morgan fingerprint density at radius 2 is 1.52 bits per heavy atom. The van der Waals surface area contributed by atoms with E-state index in [1.54, 1.807) is 0 Å². The summed E-state index contributed by atoms with van der Waals surface area (Å²) in [6, 6.07) is 22.8. The van der Waals surface area contributed by atoms with Gasteiger partial charge in [-0.2, -0.15) is 0 Å². The van der Waals surface area contributed by atoms with E-state index in [1.807, 2.05) is 30.3 Å². The van der Waals surface area contributed by atoms with Crippen LogP contribution in [0.1, 0.15) is 33.3 Å². The van der Waals surface area contributed by atoms with Gasteiger partial charge in [0.05, 0.1) is 6.10 Å². The van der Waals surface area contributed by atoms with Gasteiger partial charge in [-0.05, 0) is 56.8 Å². The van der Waals surface area contributed by atoms with Gasteiger partial charge >= 0.3 is 0 Å². The van der Waals surface area contributed by atoms with Gasteiger partial charge in [0.2, 0.25) is 0 Å². The molecule has 2 nitrogen and oxygen atoms in total. The van der Waals surface area contributed by atoms with Crippen molar-refractivity contribution in [1.29, 1.82) is 0 Å². The Morgan fingerprint density at radius 1 is 0.840 bits per heavy atom. The first-order valence-electron chi connectivity index (χ1n) is 8.83. The van der Waals surface area contributed by atoms with Crippen molar-refractivity contribution in [3.8, 4) is 11.5 Å². The highest BCUT2D eigenvalue weighted by Gasteiger charge is 2.12. The summed E-state index contributed by atoms with van der Waals surface area (Å²) in [7, 11) is 0. The molecule has 0 saturated heterocycles. The number of ether oxygens (including phenoxy) is 2. The molecule has 0 aromatic heterocycles. The molecule has 1 unspecified atom stereocenters. The standard InChI is InChI=1S/C23H26O2/c1-17(16-18-12-14-20(15-13-18)25-23(2,3)4)24-22-11-7-9-19-8-5-6-10-21(19)22/h5-15,17H,16H2,1-4H3. The third kappa shape index (κ3) is 4.76. The summed E-state index contributed by atoms with van der Waals surface area (Å²) in [6.07, 6.45) is 0.958. The topological polar surface area (TPSA) is 18.5 Å². The summed E-state index contributed by atoms with van der Waals surface area (Å²) in [5, 5.41) is 2.36. The molecule has 0 aliphatic rings. The number of hydrogen-bond donors (Lipinski definition) is 0. The molecule has 0 aliphatic heterocycles. The van der Waals surface area contributed by atoms with E-state index in [1.165, 1.54) is 10.9 Å². The van der Waals surface area contributed by atoms with Crippen molar-refractivity contribution in [1.82, 2.24) is 0 Å². The predicted octanol–water partition coefficient (Wildman–Crippen LogP) is 6.03. The Balaban J connectivity index is 1.67. The van der Waals surface area contributed by atoms with Crippen molar-refractivity contribution in [2.75, 3.05) is 0 Å². The first-order chi connectivity index (χ1) is 11.9. The quantitative estimate of drug-likeness (QED) is 0.567. The summed E-state index contributed by atoms with van der Waals surface area (Å²) in [5.41, 5.74) is 1.07.